The zero-order valence-corrected chi connectivity index (χ0v) is 16.3. The van der Waals surface area contributed by atoms with E-state index in [1.165, 1.54) is 0 Å². The van der Waals surface area contributed by atoms with Crippen LogP contribution in [0.25, 0.3) is 0 Å². The molecule has 0 aromatic heterocycles. The summed E-state index contributed by atoms with van der Waals surface area (Å²) in [6.07, 6.45) is 1.48. The lowest BCUT2D eigenvalue weighted by molar-refractivity contribution is -0.154. The van der Waals surface area contributed by atoms with Crippen LogP contribution in [0.1, 0.15) is 40.5 Å². The van der Waals surface area contributed by atoms with Crippen molar-refractivity contribution in [2.75, 3.05) is 46.4 Å². The molecule has 0 N–H and O–H groups in total. The highest BCUT2D eigenvalue weighted by atomic mass is 16.6. The Bertz CT molecular complexity index is 469. The third-order valence-electron chi connectivity index (χ3n) is 4.77. The van der Waals surface area contributed by atoms with Gasteiger partial charge in [-0.25, -0.2) is 4.79 Å². The minimum atomic E-state index is -0.472. The number of esters is 1. The van der Waals surface area contributed by atoms with Crippen LogP contribution in [0.15, 0.2) is 0 Å². The molecule has 1 unspecified atom stereocenters. The van der Waals surface area contributed by atoms with E-state index in [-0.39, 0.29) is 18.1 Å². The summed E-state index contributed by atoms with van der Waals surface area (Å²) in [7, 11) is 2.04. The molecule has 0 saturated carbocycles. The fraction of sp³-hybridized carbons (Fsp3) is 0.889. The molecule has 2 aliphatic heterocycles. The molecule has 0 aliphatic carbocycles. The minimum Gasteiger partial charge on any atom is -0.465 e. The third kappa shape index (κ3) is 5.57. The van der Waals surface area contributed by atoms with Gasteiger partial charge in [0.05, 0.1) is 6.61 Å². The van der Waals surface area contributed by atoms with Crippen molar-refractivity contribution >= 4 is 12.1 Å². The van der Waals surface area contributed by atoms with Gasteiger partial charge in [0.25, 0.3) is 0 Å². The normalized spacial score (nSPS) is 24.2. The summed E-state index contributed by atoms with van der Waals surface area (Å²) < 4.78 is 10.7. The smallest absolute Gasteiger partial charge is 0.410 e. The summed E-state index contributed by atoms with van der Waals surface area (Å²) in [5, 5.41) is 0. The number of hydrogen-bond acceptors (Lipinski definition) is 6. The number of piperidine rings is 1. The number of likely N-dealkylation sites (tertiary alicyclic amines) is 1. The predicted octanol–water partition coefficient (Wildman–Crippen LogP) is 1.57. The zero-order chi connectivity index (χ0) is 18.6. The third-order valence-corrected chi connectivity index (χ3v) is 4.77. The van der Waals surface area contributed by atoms with Crippen LogP contribution in [0.3, 0.4) is 0 Å². The molecular formula is C18H33N3O4. The van der Waals surface area contributed by atoms with E-state index in [0.29, 0.717) is 32.3 Å². The van der Waals surface area contributed by atoms with Crippen LogP contribution in [0.4, 0.5) is 4.79 Å². The molecule has 0 aromatic rings. The summed E-state index contributed by atoms with van der Waals surface area (Å²) >= 11 is 0. The molecule has 25 heavy (non-hydrogen) atoms. The Kier molecular flexibility index (Phi) is 6.68. The van der Waals surface area contributed by atoms with Gasteiger partial charge in [0.1, 0.15) is 11.6 Å². The quantitative estimate of drug-likeness (QED) is 0.716. The Morgan fingerprint density at radius 2 is 1.72 bits per heavy atom. The molecule has 144 valence electrons. The number of nitrogens with zero attached hydrogens (tertiary/aromatic N) is 3. The van der Waals surface area contributed by atoms with Crippen molar-refractivity contribution in [3.63, 3.8) is 0 Å². The molecule has 0 aromatic carbocycles. The monoisotopic (exact) mass is 355 g/mol. The maximum atomic E-state index is 12.4. The number of ether oxygens (including phenoxy) is 2. The van der Waals surface area contributed by atoms with E-state index in [2.05, 4.69) is 9.80 Å². The number of carbonyl (C=O) groups is 2. The average Bonchev–Trinajstić information content (AvgIpc) is 2.53. The first-order chi connectivity index (χ1) is 11.7. The molecule has 0 radical (unpaired) electrons. The molecule has 0 spiro atoms. The van der Waals surface area contributed by atoms with Gasteiger partial charge in [-0.2, -0.15) is 0 Å². The first-order valence-electron chi connectivity index (χ1n) is 9.30. The van der Waals surface area contributed by atoms with Gasteiger partial charge in [-0.3, -0.25) is 9.69 Å². The van der Waals surface area contributed by atoms with Gasteiger partial charge >= 0.3 is 12.1 Å². The summed E-state index contributed by atoms with van der Waals surface area (Å²) in [6, 6.07) is 0.0959. The lowest BCUT2D eigenvalue weighted by atomic mass is 9.99. The molecule has 7 heteroatoms. The van der Waals surface area contributed by atoms with E-state index in [4.69, 9.17) is 9.47 Å². The summed E-state index contributed by atoms with van der Waals surface area (Å²) in [5.74, 6) is -0.136. The van der Waals surface area contributed by atoms with Crippen LogP contribution in [0, 0.1) is 0 Å². The minimum absolute atomic E-state index is 0.136. The van der Waals surface area contributed by atoms with Crippen LogP contribution >= 0.6 is 0 Å². The molecule has 2 fully saturated rings. The Morgan fingerprint density at radius 1 is 1.08 bits per heavy atom. The topological polar surface area (TPSA) is 62.3 Å². The molecule has 2 heterocycles. The molecule has 7 nitrogen and oxygen atoms in total. The summed E-state index contributed by atoms with van der Waals surface area (Å²) in [5.41, 5.74) is -0.472. The van der Waals surface area contributed by atoms with Gasteiger partial charge in [-0.15, -0.1) is 0 Å². The van der Waals surface area contributed by atoms with Gasteiger partial charge in [0.2, 0.25) is 0 Å². The van der Waals surface area contributed by atoms with E-state index < -0.39 is 5.60 Å². The Morgan fingerprint density at radius 3 is 2.28 bits per heavy atom. The Balaban J connectivity index is 1.93. The van der Waals surface area contributed by atoms with Crippen molar-refractivity contribution < 1.29 is 19.1 Å². The SMILES string of the molecule is CCOC(=O)C1CN(C)CCN1C1CCN(C(=O)OC(C)(C)C)CC1. The molecule has 2 aliphatic rings. The number of amides is 1. The van der Waals surface area contributed by atoms with Crippen LogP contribution in [0.5, 0.6) is 0 Å². The van der Waals surface area contributed by atoms with E-state index in [1.54, 1.807) is 4.90 Å². The van der Waals surface area contributed by atoms with Gasteiger partial charge in [-0.05, 0) is 47.6 Å². The second-order valence-electron chi connectivity index (χ2n) is 7.97. The first-order valence-corrected chi connectivity index (χ1v) is 9.30. The van der Waals surface area contributed by atoms with E-state index in [9.17, 15) is 9.59 Å². The Hall–Kier alpha value is -1.34. The molecule has 2 rings (SSSR count). The zero-order valence-electron chi connectivity index (χ0n) is 16.3. The number of rotatable bonds is 3. The second kappa shape index (κ2) is 8.36. The lowest BCUT2D eigenvalue weighted by Gasteiger charge is -2.45. The first kappa shape index (κ1) is 20.0. The van der Waals surface area contributed by atoms with Gasteiger partial charge < -0.3 is 19.3 Å². The highest BCUT2D eigenvalue weighted by Gasteiger charge is 2.38. The van der Waals surface area contributed by atoms with Crippen molar-refractivity contribution in [3.05, 3.63) is 0 Å². The highest BCUT2D eigenvalue weighted by molar-refractivity contribution is 5.76. The van der Waals surface area contributed by atoms with Gasteiger partial charge in [0.15, 0.2) is 0 Å². The number of hydrogen-bond donors (Lipinski definition) is 0. The van der Waals surface area contributed by atoms with Crippen molar-refractivity contribution in [1.29, 1.82) is 0 Å². The van der Waals surface area contributed by atoms with E-state index >= 15 is 0 Å². The van der Waals surface area contributed by atoms with Crippen LogP contribution in [-0.4, -0.2) is 90.8 Å². The van der Waals surface area contributed by atoms with Crippen molar-refractivity contribution in [2.45, 2.75) is 58.2 Å². The van der Waals surface area contributed by atoms with Crippen molar-refractivity contribution in [1.82, 2.24) is 14.7 Å². The maximum Gasteiger partial charge on any atom is 0.410 e. The molecule has 2 saturated heterocycles. The van der Waals surface area contributed by atoms with E-state index in [1.807, 2.05) is 34.7 Å². The molecule has 1 atom stereocenters. The number of likely N-dealkylation sites (N-methyl/N-ethyl adjacent to an activating group) is 1. The fourth-order valence-electron chi connectivity index (χ4n) is 3.53. The summed E-state index contributed by atoms with van der Waals surface area (Å²) in [6.45, 7) is 11.7. The number of piperazine rings is 1. The molecule has 1 amide bonds. The van der Waals surface area contributed by atoms with Crippen LogP contribution in [-0.2, 0) is 14.3 Å². The molecule has 0 bridgehead atoms. The van der Waals surface area contributed by atoms with Crippen LogP contribution < -0.4 is 0 Å². The highest BCUT2D eigenvalue weighted by Crippen LogP contribution is 2.23. The largest absolute Gasteiger partial charge is 0.465 e. The van der Waals surface area contributed by atoms with Crippen LogP contribution in [0.2, 0.25) is 0 Å². The predicted molar refractivity (Wildman–Crippen MR) is 95.5 cm³/mol. The Labute approximate surface area is 151 Å². The second-order valence-corrected chi connectivity index (χ2v) is 7.97. The van der Waals surface area contributed by atoms with Crippen molar-refractivity contribution in [2.24, 2.45) is 0 Å². The summed E-state index contributed by atoms with van der Waals surface area (Å²) in [4.78, 5) is 30.8. The average molecular weight is 355 g/mol. The lowest BCUT2D eigenvalue weighted by Crippen LogP contribution is -2.60. The van der Waals surface area contributed by atoms with Crippen molar-refractivity contribution in [3.8, 4) is 0 Å². The number of carbonyl (C=O) groups excluding carboxylic acids is 2. The molecular weight excluding hydrogens is 322 g/mol. The fourth-order valence-corrected chi connectivity index (χ4v) is 3.53. The van der Waals surface area contributed by atoms with Gasteiger partial charge in [-0.1, -0.05) is 0 Å². The van der Waals surface area contributed by atoms with E-state index in [0.717, 1.165) is 25.9 Å². The standard InChI is InChI=1S/C18H33N3O4/c1-6-24-16(22)15-13-19(5)11-12-21(15)14-7-9-20(10-8-14)17(23)25-18(2,3)4/h14-15H,6-13H2,1-5H3. The maximum absolute atomic E-state index is 12.4. The van der Waals surface area contributed by atoms with Gasteiger partial charge in [0, 0.05) is 38.8 Å².